The van der Waals surface area contributed by atoms with E-state index >= 15 is 0 Å². The molecule has 0 N–H and O–H groups in total. The molecule has 0 aliphatic carbocycles. The monoisotopic (exact) mass is 1450 g/mol. The SMILES string of the molecule is CC(C)C.CC(C)C.CC(C)c1cc2ccccc2c2ccccc12.CC(C)c1ccc2c(ccc3ccccc32)c1.CC(C)c1ccc2c3ccccc3c3ccccc3c2c1.CC(C)c1ccc2ccc3ccccc3c2c1.c1ccc2c(c1)c1ccccc1c1ccccc21.c1ccc2c(c1)ccc1ccccc12. The third-order valence-electron chi connectivity index (χ3n) is 21.0. The average molecular weight is 1450 g/mol. The van der Waals surface area contributed by atoms with Gasteiger partial charge in [0.05, 0.1) is 0 Å². The summed E-state index contributed by atoms with van der Waals surface area (Å²) in [6.07, 6.45) is 0. The van der Waals surface area contributed by atoms with Crippen molar-refractivity contribution >= 4 is 151 Å². The third-order valence-corrected chi connectivity index (χ3v) is 21.0. The van der Waals surface area contributed by atoms with E-state index in [1.165, 1.54) is 173 Å². The Labute approximate surface area is 665 Å². The molecule has 0 saturated heterocycles. The molecule has 20 aromatic carbocycles. The van der Waals surface area contributed by atoms with Gasteiger partial charge in [0.15, 0.2) is 0 Å². The Morgan fingerprint density at radius 1 is 0.125 bits per heavy atom. The third kappa shape index (κ3) is 17.9. The number of rotatable bonds is 4. The highest BCUT2D eigenvalue weighted by Crippen LogP contribution is 2.39. The van der Waals surface area contributed by atoms with Crippen molar-refractivity contribution in [2.45, 2.75) is 121 Å². The lowest BCUT2D eigenvalue weighted by atomic mass is 9.91. The van der Waals surface area contributed by atoms with Gasteiger partial charge in [0, 0.05) is 0 Å². The van der Waals surface area contributed by atoms with Crippen LogP contribution in [0, 0.1) is 11.8 Å². The zero-order valence-corrected chi connectivity index (χ0v) is 68.1. The summed E-state index contributed by atoms with van der Waals surface area (Å²) in [5.74, 6) is 3.95. The first-order chi connectivity index (χ1) is 54.4. The minimum absolute atomic E-state index is 0.555. The summed E-state index contributed by atoms with van der Waals surface area (Å²) in [6, 6.07) is 131. The van der Waals surface area contributed by atoms with E-state index in [1.807, 2.05) is 0 Å². The summed E-state index contributed by atoms with van der Waals surface area (Å²) in [6.45, 7) is 31.0. The van der Waals surface area contributed by atoms with E-state index in [2.05, 4.69) is 461 Å². The van der Waals surface area contributed by atoms with E-state index in [1.54, 1.807) is 0 Å². The molecule has 0 bridgehead atoms. The highest BCUT2D eigenvalue weighted by Gasteiger charge is 2.13. The summed E-state index contributed by atoms with van der Waals surface area (Å²) >= 11 is 0. The fourth-order valence-corrected chi connectivity index (χ4v) is 15.4. The molecule has 0 nitrogen and oxygen atoms in total. The zero-order valence-electron chi connectivity index (χ0n) is 68.1. The second-order valence-corrected chi connectivity index (χ2v) is 32.4. The molecule has 0 fully saturated rings. The van der Waals surface area contributed by atoms with Gasteiger partial charge in [-0.1, -0.05) is 461 Å². The van der Waals surface area contributed by atoms with Crippen molar-refractivity contribution in [1.29, 1.82) is 0 Å². The standard InChI is InChI=1S/C21H18.C18H12.3C17H16.C14H10.2C4H10/c1-14(2)15-11-12-20-18-9-4-3-7-16(18)17-8-5-6-10-19(17)21(20)13-15;1-2-8-14-13(7-1)15-9-3-4-11-17(15)18-12-6-5-10-16(14)18;1-12(2)17-11-13-7-3-4-8-14(13)15-9-5-6-10-16(15)17;1-12(2)14-9-10-17-15(11-14)8-7-13-5-3-4-6-16(13)17;1-12(2)15-10-9-14-8-7-13-5-3-4-6-16(13)17(14)11-15;1-3-7-13-11(5-1)9-10-12-6-2-4-8-14(12)13;2*1-4(2)3/h3-14H,1-2H3;1-12H;3*3-12H,1-2H3;1-10H;2*4H,1-3H3. The molecule has 0 radical (unpaired) electrons. The summed E-state index contributed by atoms with van der Waals surface area (Å²) in [4.78, 5) is 0. The first-order valence-corrected chi connectivity index (χ1v) is 40.6. The molecule has 0 aliphatic heterocycles. The summed E-state index contributed by atoms with van der Waals surface area (Å²) < 4.78 is 0. The Morgan fingerprint density at radius 3 is 0.625 bits per heavy atom. The van der Waals surface area contributed by atoms with Crippen molar-refractivity contribution in [3.05, 3.63) is 386 Å². The topological polar surface area (TPSA) is 0 Å². The van der Waals surface area contributed by atoms with E-state index in [9.17, 15) is 0 Å². The van der Waals surface area contributed by atoms with Gasteiger partial charge in [0.1, 0.15) is 0 Å². The largest absolute Gasteiger partial charge is 0.0630 e. The van der Waals surface area contributed by atoms with Crippen LogP contribution in [0.3, 0.4) is 0 Å². The maximum absolute atomic E-state index is 2.37. The Kier molecular flexibility index (Phi) is 25.3. The summed E-state index contributed by atoms with van der Waals surface area (Å²) in [5.41, 5.74) is 5.67. The number of hydrogen-bond acceptors (Lipinski definition) is 0. The Bertz CT molecular complexity index is 6280. The van der Waals surface area contributed by atoms with Crippen LogP contribution in [0.1, 0.15) is 143 Å². The maximum Gasteiger partial charge on any atom is -0.00961 e. The minimum Gasteiger partial charge on any atom is -0.0630 e. The van der Waals surface area contributed by atoms with E-state index < -0.39 is 0 Å². The Morgan fingerprint density at radius 2 is 0.304 bits per heavy atom. The van der Waals surface area contributed by atoms with Gasteiger partial charge in [0.2, 0.25) is 0 Å². The molecule has 0 aliphatic rings. The van der Waals surface area contributed by atoms with Crippen LogP contribution in [0.25, 0.3) is 151 Å². The van der Waals surface area contributed by atoms with E-state index in [0.29, 0.717) is 23.7 Å². The molecule has 0 spiro atoms. The van der Waals surface area contributed by atoms with Crippen LogP contribution in [-0.2, 0) is 0 Å². The van der Waals surface area contributed by atoms with Crippen LogP contribution >= 0.6 is 0 Å². The van der Waals surface area contributed by atoms with E-state index in [0.717, 1.165) is 11.8 Å². The molecular weight excluding hydrogens is 1350 g/mol. The fourth-order valence-electron chi connectivity index (χ4n) is 15.4. The van der Waals surface area contributed by atoms with Crippen LogP contribution in [0.15, 0.2) is 364 Å². The highest BCUT2D eigenvalue weighted by atomic mass is 14.2. The van der Waals surface area contributed by atoms with Gasteiger partial charge in [-0.15, -0.1) is 0 Å². The van der Waals surface area contributed by atoms with Gasteiger partial charge in [-0.25, -0.2) is 0 Å². The first kappa shape index (κ1) is 78.2. The molecule has 0 amide bonds. The number of hydrogen-bond donors (Lipinski definition) is 0. The Balaban J connectivity index is 0.000000116. The maximum atomic E-state index is 2.37. The molecule has 0 heteroatoms. The summed E-state index contributed by atoms with van der Waals surface area (Å²) in [7, 11) is 0. The zero-order chi connectivity index (χ0) is 78.4. The molecule has 556 valence electrons. The van der Waals surface area contributed by atoms with Gasteiger partial charge in [0.25, 0.3) is 0 Å². The molecule has 112 heavy (non-hydrogen) atoms. The van der Waals surface area contributed by atoms with Gasteiger partial charge >= 0.3 is 0 Å². The normalized spacial score (nSPS) is 11.2. The van der Waals surface area contributed by atoms with Crippen LogP contribution in [0.4, 0.5) is 0 Å². The van der Waals surface area contributed by atoms with Crippen LogP contribution in [0.5, 0.6) is 0 Å². The molecule has 20 aromatic rings. The van der Waals surface area contributed by atoms with Gasteiger partial charge in [-0.2, -0.15) is 0 Å². The van der Waals surface area contributed by atoms with Crippen molar-refractivity contribution in [3.63, 3.8) is 0 Å². The van der Waals surface area contributed by atoms with Crippen LogP contribution < -0.4 is 0 Å². The smallest absolute Gasteiger partial charge is 0.00961 e. The lowest BCUT2D eigenvalue weighted by Gasteiger charge is -2.13. The lowest BCUT2D eigenvalue weighted by Crippen LogP contribution is -1.90. The summed E-state index contributed by atoms with van der Waals surface area (Å²) in [5, 5.41) is 37.6. The van der Waals surface area contributed by atoms with Gasteiger partial charge < -0.3 is 0 Å². The van der Waals surface area contributed by atoms with Crippen molar-refractivity contribution in [2.24, 2.45) is 11.8 Å². The first-order valence-electron chi connectivity index (χ1n) is 40.6. The van der Waals surface area contributed by atoms with E-state index in [-0.39, 0.29) is 0 Å². The van der Waals surface area contributed by atoms with Crippen LogP contribution in [0.2, 0.25) is 0 Å². The quantitative estimate of drug-likeness (QED) is 0.154. The lowest BCUT2D eigenvalue weighted by molar-refractivity contribution is 0.736. The molecule has 0 atom stereocenters. The Hall–Kier alpha value is -12.0. The molecule has 0 saturated carbocycles. The van der Waals surface area contributed by atoms with Gasteiger partial charge in [-0.3, -0.25) is 0 Å². The fraction of sp³-hybridized carbons (Fsp3) is 0.179. The highest BCUT2D eigenvalue weighted by molar-refractivity contribution is 6.27. The molecule has 0 heterocycles. The van der Waals surface area contributed by atoms with Crippen molar-refractivity contribution in [1.82, 2.24) is 0 Å². The predicted molar refractivity (Wildman–Crippen MR) is 501 cm³/mol. The molecular formula is C112H108. The average Bonchev–Trinajstić information content (AvgIpc) is 0.734. The second kappa shape index (κ2) is 36.3. The van der Waals surface area contributed by atoms with Crippen LogP contribution in [-0.4, -0.2) is 0 Å². The minimum atomic E-state index is 0.555. The second-order valence-electron chi connectivity index (χ2n) is 32.4. The molecule has 0 aromatic heterocycles. The number of benzene rings is 20. The van der Waals surface area contributed by atoms with Crippen molar-refractivity contribution < 1.29 is 0 Å². The number of fused-ring (bicyclic) bond motifs is 24. The van der Waals surface area contributed by atoms with E-state index in [4.69, 9.17) is 0 Å². The molecule has 0 unspecified atom stereocenters. The van der Waals surface area contributed by atoms with Gasteiger partial charge in [-0.05, 0) is 209 Å². The van der Waals surface area contributed by atoms with Crippen molar-refractivity contribution in [3.8, 4) is 0 Å². The predicted octanol–water partition coefficient (Wildman–Crippen LogP) is 34.1. The van der Waals surface area contributed by atoms with Crippen molar-refractivity contribution in [2.75, 3.05) is 0 Å². The molecule has 20 rings (SSSR count).